The molecule has 1 N–H and O–H groups in total. The summed E-state index contributed by atoms with van der Waals surface area (Å²) in [7, 11) is 0. The van der Waals surface area contributed by atoms with E-state index in [0.717, 1.165) is 5.56 Å². The maximum absolute atomic E-state index is 11.9. The van der Waals surface area contributed by atoms with Crippen LogP contribution >= 0.6 is 0 Å². The van der Waals surface area contributed by atoms with Gasteiger partial charge >= 0.3 is 5.97 Å². The molecule has 0 aliphatic heterocycles. The second-order valence-corrected chi connectivity index (χ2v) is 4.87. The van der Waals surface area contributed by atoms with Crippen LogP contribution in [0.2, 0.25) is 0 Å². The molecule has 0 fully saturated rings. The van der Waals surface area contributed by atoms with Crippen LogP contribution < -0.4 is 5.32 Å². The number of amides is 1. The van der Waals surface area contributed by atoms with Crippen LogP contribution in [0.25, 0.3) is 6.08 Å². The van der Waals surface area contributed by atoms with Crippen molar-refractivity contribution in [1.29, 1.82) is 5.26 Å². The third-order valence-corrected chi connectivity index (χ3v) is 3.06. The largest absolute Gasteiger partial charge is 0.458 e. The highest BCUT2D eigenvalue weighted by Crippen LogP contribution is 2.11. The van der Waals surface area contributed by atoms with Crippen LogP contribution in [0.3, 0.4) is 0 Å². The molecular formula is C19H16N2O3. The molecule has 120 valence electrons. The average molecular weight is 320 g/mol. The van der Waals surface area contributed by atoms with Gasteiger partial charge in [0, 0.05) is 5.69 Å². The number of nitriles is 1. The molecule has 0 spiro atoms. The highest BCUT2D eigenvalue weighted by Gasteiger charge is 2.07. The van der Waals surface area contributed by atoms with Crippen molar-refractivity contribution < 1.29 is 14.3 Å². The summed E-state index contributed by atoms with van der Waals surface area (Å²) in [6, 6.07) is 17.8. The van der Waals surface area contributed by atoms with E-state index in [-0.39, 0.29) is 18.9 Å². The maximum Gasteiger partial charge on any atom is 0.338 e. The number of carbonyl (C=O) groups is 2. The molecular weight excluding hydrogens is 304 g/mol. The zero-order valence-electron chi connectivity index (χ0n) is 12.9. The Kier molecular flexibility index (Phi) is 6.30. The molecule has 2 rings (SSSR count). The summed E-state index contributed by atoms with van der Waals surface area (Å²) in [6.45, 7) is 0.175. The van der Waals surface area contributed by atoms with Crippen molar-refractivity contribution in [3.63, 3.8) is 0 Å². The molecule has 0 unspecified atom stereocenters. The number of hydrogen-bond donors (Lipinski definition) is 1. The topological polar surface area (TPSA) is 79.2 Å². The minimum Gasteiger partial charge on any atom is -0.458 e. The third kappa shape index (κ3) is 5.43. The van der Waals surface area contributed by atoms with E-state index in [1.807, 2.05) is 36.4 Å². The van der Waals surface area contributed by atoms with E-state index < -0.39 is 5.97 Å². The molecule has 2 aromatic rings. The number of rotatable bonds is 6. The highest BCUT2D eigenvalue weighted by atomic mass is 16.5. The van der Waals surface area contributed by atoms with E-state index in [2.05, 4.69) is 5.32 Å². The van der Waals surface area contributed by atoms with Crippen molar-refractivity contribution in [3.05, 3.63) is 71.8 Å². The number of benzene rings is 2. The van der Waals surface area contributed by atoms with Crippen LogP contribution in [0.15, 0.2) is 60.7 Å². The monoisotopic (exact) mass is 320 g/mol. The van der Waals surface area contributed by atoms with Gasteiger partial charge in [-0.25, -0.2) is 4.79 Å². The van der Waals surface area contributed by atoms with Gasteiger partial charge < -0.3 is 10.1 Å². The summed E-state index contributed by atoms with van der Waals surface area (Å²) in [5.74, 6) is -0.832. The Labute approximate surface area is 140 Å². The van der Waals surface area contributed by atoms with Gasteiger partial charge in [-0.05, 0) is 35.9 Å². The van der Waals surface area contributed by atoms with Crippen molar-refractivity contribution in [2.24, 2.45) is 0 Å². The van der Waals surface area contributed by atoms with Gasteiger partial charge in [-0.1, -0.05) is 36.4 Å². The van der Waals surface area contributed by atoms with Crippen molar-refractivity contribution in [3.8, 4) is 6.07 Å². The Morgan fingerprint density at radius 1 is 1.08 bits per heavy atom. The van der Waals surface area contributed by atoms with E-state index in [1.54, 1.807) is 36.4 Å². The van der Waals surface area contributed by atoms with Crippen LogP contribution in [-0.4, -0.2) is 18.5 Å². The predicted molar refractivity (Wildman–Crippen MR) is 91.1 cm³/mol. The number of hydrogen-bond acceptors (Lipinski definition) is 4. The Balaban J connectivity index is 1.83. The van der Waals surface area contributed by atoms with E-state index >= 15 is 0 Å². The standard InChI is InChI=1S/C19H16N2O3/c20-13-12-18(22)21-17-10-8-16(9-11-17)19(23)24-14-4-7-15-5-2-1-3-6-15/h1-11H,12,14H2,(H,21,22). The summed E-state index contributed by atoms with van der Waals surface area (Å²) in [6.07, 6.45) is 3.43. The predicted octanol–water partition coefficient (Wildman–Crippen LogP) is 3.41. The van der Waals surface area contributed by atoms with E-state index in [0.29, 0.717) is 11.3 Å². The molecule has 0 aromatic heterocycles. The first kappa shape index (κ1) is 17.0. The normalized spacial score (nSPS) is 10.1. The van der Waals surface area contributed by atoms with Gasteiger partial charge in [0.15, 0.2) is 0 Å². The molecule has 0 atom stereocenters. The molecule has 0 aliphatic carbocycles. The second-order valence-electron chi connectivity index (χ2n) is 4.87. The number of carbonyl (C=O) groups excluding carboxylic acids is 2. The lowest BCUT2D eigenvalue weighted by Crippen LogP contribution is -2.10. The molecule has 0 saturated heterocycles. The molecule has 0 bridgehead atoms. The molecule has 0 radical (unpaired) electrons. The minimum absolute atomic E-state index is 0.175. The first-order valence-electron chi connectivity index (χ1n) is 7.34. The molecule has 1 amide bonds. The molecule has 5 heteroatoms. The number of ether oxygens (including phenoxy) is 1. The van der Waals surface area contributed by atoms with Gasteiger partial charge in [0.1, 0.15) is 13.0 Å². The fourth-order valence-corrected chi connectivity index (χ4v) is 1.92. The molecule has 24 heavy (non-hydrogen) atoms. The van der Waals surface area contributed by atoms with E-state index in [9.17, 15) is 9.59 Å². The van der Waals surface area contributed by atoms with Crippen LogP contribution in [0, 0.1) is 11.3 Å². The lowest BCUT2D eigenvalue weighted by atomic mass is 10.2. The van der Waals surface area contributed by atoms with Gasteiger partial charge in [-0.3, -0.25) is 4.79 Å². The Morgan fingerprint density at radius 3 is 2.46 bits per heavy atom. The zero-order valence-corrected chi connectivity index (χ0v) is 12.9. The maximum atomic E-state index is 11.9. The quantitative estimate of drug-likeness (QED) is 0.827. The van der Waals surface area contributed by atoms with E-state index in [1.165, 1.54) is 0 Å². The molecule has 0 heterocycles. The first-order valence-corrected chi connectivity index (χ1v) is 7.34. The fraction of sp³-hybridized carbons (Fsp3) is 0.105. The average Bonchev–Trinajstić information content (AvgIpc) is 2.60. The minimum atomic E-state index is -0.442. The molecule has 5 nitrogen and oxygen atoms in total. The smallest absolute Gasteiger partial charge is 0.338 e. The number of esters is 1. The van der Waals surface area contributed by atoms with Gasteiger partial charge in [0.05, 0.1) is 11.6 Å². The summed E-state index contributed by atoms with van der Waals surface area (Å²) in [5, 5.41) is 11.0. The Morgan fingerprint density at radius 2 is 1.79 bits per heavy atom. The van der Waals surface area contributed by atoms with Crippen molar-refractivity contribution >= 4 is 23.6 Å². The molecule has 2 aromatic carbocycles. The van der Waals surface area contributed by atoms with Crippen LogP contribution in [0.5, 0.6) is 0 Å². The third-order valence-electron chi connectivity index (χ3n) is 3.06. The van der Waals surface area contributed by atoms with Gasteiger partial charge in [0.25, 0.3) is 0 Å². The molecule has 0 saturated carbocycles. The van der Waals surface area contributed by atoms with Crippen LogP contribution in [-0.2, 0) is 9.53 Å². The zero-order chi connectivity index (χ0) is 17.2. The SMILES string of the molecule is N#CCC(=O)Nc1ccc(C(=O)OCC=Cc2ccccc2)cc1. The van der Waals surface area contributed by atoms with Crippen LogP contribution in [0.4, 0.5) is 5.69 Å². The highest BCUT2D eigenvalue weighted by molar-refractivity contribution is 5.93. The fourth-order valence-electron chi connectivity index (χ4n) is 1.92. The first-order chi connectivity index (χ1) is 11.7. The van der Waals surface area contributed by atoms with Gasteiger partial charge in [-0.2, -0.15) is 5.26 Å². The van der Waals surface area contributed by atoms with Crippen LogP contribution in [0.1, 0.15) is 22.3 Å². The Hall–Kier alpha value is -3.39. The number of nitrogens with one attached hydrogen (secondary N) is 1. The summed E-state index contributed by atoms with van der Waals surface area (Å²) < 4.78 is 5.15. The Bertz CT molecular complexity index is 759. The van der Waals surface area contributed by atoms with Crippen molar-refractivity contribution in [2.45, 2.75) is 6.42 Å². The van der Waals surface area contributed by atoms with Gasteiger partial charge in [0.2, 0.25) is 5.91 Å². The van der Waals surface area contributed by atoms with Gasteiger partial charge in [-0.15, -0.1) is 0 Å². The van der Waals surface area contributed by atoms with Crippen molar-refractivity contribution in [2.75, 3.05) is 11.9 Å². The number of nitrogens with zero attached hydrogens (tertiary/aromatic N) is 1. The molecule has 0 aliphatic rings. The lowest BCUT2D eigenvalue weighted by molar-refractivity contribution is -0.115. The lowest BCUT2D eigenvalue weighted by Gasteiger charge is -2.05. The second kappa shape index (κ2) is 8.91. The number of anilines is 1. The summed E-state index contributed by atoms with van der Waals surface area (Å²) in [4.78, 5) is 23.2. The van der Waals surface area contributed by atoms with E-state index in [4.69, 9.17) is 10.00 Å². The summed E-state index contributed by atoms with van der Waals surface area (Å²) in [5.41, 5.74) is 1.95. The summed E-state index contributed by atoms with van der Waals surface area (Å²) >= 11 is 0. The van der Waals surface area contributed by atoms with Crippen molar-refractivity contribution in [1.82, 2.24) is 0 Å².